The van der Waals surface area contributed by atoms with E-state index in [4.69, 9.17) is 17.2 Å². The molecule has 38 heavy (non-hydrogen) atoms. The fraction of sp³-hybridized carbons (Fsp3) is 0.143. The van der Waals surface area contributed by atoms with Crippen LogP contribution in [0.1, 0.15) is 29.9 Å². The number of thiocarbonyl (C=S) groups is 1. The molecule has 1 fully saturated rings. The van der Waals surface area contributed by atoms with E-state index in [1.165, 1.54) is 12.1 Å². The van der Waals surface area contributed by atoms with Crippen LogP contribution in [0.5, 0.6) is 0 Å². The van der Waals surface area contributed by atoms with Gasteiger partial charge in [0.25, 0.3) is 0 Å². The van der Waals surface area contributed by atoms with Crippen molar-refractivity contribution in [2.24, 2.45) is 0 Å². The van der Waals surface area contributed by atoms with E-state index in [-0.39, 0.29) is 30.2 Å². The van der Waals surface area contributed by atoms with Crippen molar-refractivity contribution >= 4 is 50.5 Å². The van der Waals surface area contributed by atoms with Gasteiger partial charge in [-0.05, 0) is 72.9 Å². The van der Waals surface area contributed by atoms with E-state index >= 15 is 0 Å². The van der Waals surface area contributed by atoms with Gasteiger partial charge in [-0.2, -0.15) is 0 Å². The summed E-state index contributed by atoms with van der Waals surface area (Å²) < 4.78 is 16.4. The molecule has 1 aliphatic heterocycles. The lowest BCUT2D eigenvalue weighted by molar-refractivity contribution is -0.116. The lowest BCUT2D eigenvalue weighted by Crippen LogP contribution is -2.33. The molecule has 4 heterocycles. The molecule has 1 saturated heterocycles. The van der Waals surface area contributed by atoms with E-state index < -0.39 is 0 Å². The van der Waals surface area contributed by atoms with Gasteiger partial charge < -0.3 is 15.5 Å². The Balaban J connectivity index is 1.31. The summed E-state index contributed by atoms with van der Waals surface area (Å²) in [7, 11) is 0. The average molecular weight is 543 g/mol. The highest BCUT2D eigenvalue weighted by Crippen LogP contribution is 2.40. The van der Waals surface area contributed by atoms with Crippen LogP contribution in [0.2, 0.25) is 0 Å². The Kier molecular flexibility index (Phi) is 6.57. The Morgan fingerprint density at radius 1 is 1.05 bits per heavy atom. The molecule has 0 bridgehead atoms. The van der Waals surface area contributed by atoms with Crippen LogP contribution in [0.4, 0.5) is 10.1 Å². The van der Waals surface area contributed by atoms with Crippen molar-refractivity contribution in [3.05, 3.63) is 108 Å². The predicted octanol–water partition coefficient (Wildman–Crippen LogP) is 5.62. The van der Waals surface area contributed by atoms with Crippen molar-refractivity contribution in [3.63, 3.8) is 0 Å². The number of para-hydroxylation sites is 1. The van der Waals surface area contributed by atoms with Gasteiger partial charge in [0.05, 0.1) is 33.7 Å². The van der Waals surface area contributed by atoms with Crippen molar-refractivity contribution in [1.82, 2.24) is 24.8 Å². The van der Waals surface area contributed by atoms with Gasteiger partial charge in [0.2, 0.25) is 5.91 Å². The van der Waals surface area contributed by atoms with Gasteiger partial charge in [-0.15, -0.1) is 0 Å². The van der Waals surface area contributed by atoms with E-state index in [1.807, 2.05) is 53.6 Å². The van der Waals surface area contributed by atoms with Crippen molar-refractivity contribution in [2.75, 3.05) is 11.9 Å². The molecule has 5 aromatic rings. The second-order valence-electron chi connectivity index (χ2n) is 8.89. The minimum absolute atomic E-state index is 0.180. The molecule has 6 rings (SSSR count). The molecule has 2 N–H and O–H groups in total. The summed E-state index contributed by atoms with van der Waals surface area (Å²) in [6, 6.07) is 23.2. The summed E-state index contributed by atoms with van der Waals surface area (Å²) in [6.45, 7) is 0.387. The van der Waals surface area contributed by atoms with E-state index in [9.17, 15) is 9.18 Å². The lowest BCUT2D eigenvalue weighted by atomic mass is 10.0. The summed E-state index contributed by atoms with van der Waals surface area (Å²) in [5.74, 6) is -0.531. The summed E-state index contributed by atoms with van der Waals surface area (Å²) >= 11 is 7.39. The average Bonchev–Trinajstić information content (AvgIpc) is 3.65. The smallest absolute Gasteiger partial charge is 0.226 e. The fourth-order valence-corrected chi connectivity index (χ4v) is 6.02. The summed E-state index contributed by atoms with van der Waals surface area (Å²) in [6.07, 6.45) is 3.97. The number of carbonyl (C=O) groups excluding carboxylic acids is 1. The zero-order valence-electron chi connectivity index (χ0n) is 20.1. The number of amides is 1. The molecule has 0 aliphatic carbocycles. The molecule has 2 aromatic carbocycles. The number of fused-ring (bicyclic) bond motifs is 1. The molecule has 3 aromatic heterocycles. The molecular formula is C28H23FN6OS2. The Labute approximate surface area is 228 Å². The number of nitrogens with zero attached hydrogens (tertiary/aromatic N) is 4. The topological polar surface area (TPSA) is 75.1 Å². The van der Waals surface area contributed by atoms with Gasteiger partial charge in [0.15, 0.2) is 10.2 Å². The number of hydrogen-bond donors (Lipinski definition) is 2. The largest absolute Gasteiger partial charge is 0.352 e. The number of carbonyl (C=O) groups is 1. The van der Waals surface area contributed by atoms with Gasteiger partial charge in [-0.1, -0.05) is 29.5 Å². The third kappa shape index (κ3) is 4.75. The Morgan fingerprint density at radius 2 is 1.87 bits per heavy atom. The maximum absolute atomic E-state index is 13.2. The van der Waals surface area contributed by atoms with Gasteiger partial charge in [-0.3, -0.25) is 14.3 Å². The highest BCUT2D eigenvalue weighted by Gasteiger charge is 2.41. The second-order valence-corrected chi connectivity index (χ2v) is 10.3. The first kappa shape index (κ1) is 24.2. The van der Waals surface area contributed by atoms with Crippen molar-refractivity contribution in [3.8, 4) is 5.13 Å². The zero-order valence-corrected chi connectivity index (χ0v) is 21.8. The second kappa shape index (κ2) is 10.3. The van der Waals surface area contributed by atoms with Crippen LogP contribution in [0.15, 0.2) is 91.3 Å². The number of nitrogens with one attached hydrogen (secondary N) is 2. The quantitative estimate of drug-likeness (QED) is 0.260. The minimum Gasteiger partial charge on any atom is -0.352 e. The molecule has 190 valence electrons. The van der Waals surface area contributed by atoms with E-state index in [0.29, 0.717) is 17.3 Å². The van der Waals surface area contributed by atoms with Crippen LogP contribution < -0.4 is 10.6 Å². The first-order chi connectivity index (χ1) is 18.6. The number of pyridine rings is 1. The normalized spacial score (nSPS) is 17.1. The number of benzene rings is 2. The Morgan fingerprint density at radius 3 is 2.66 bits per heavy atom. The van der Waals surface area contributed by atoms with Crippen molar-refractivity contribution < 1.29 is 9.18 Å². The van der Waals surface area contributed by atoms with Crippen LogP contribution in [0.25, 0.3) is 15.3 Å². The molecular weight excluding hydrogens is 519 g/mol. The maximum Gasteiger partial charge on any atom is 0.226 e. The molecule has 7 nitrogen and oxygen atoms in total. The number of rotatable bonds is 7. The molecule has 10 heteroatoms. The van der Waals surface area contributed by atoms with Crippen molar-refractivity contribution in [2.45, 2.75) is 18.5 Å². The first-order valence-electron chi connectivity index (χ1n) is 12.1. The summed E-state index contributed by atoms with van der Waals surface area (Å²) in [5, 5.41) is 7.68. The number of halogens is 1. The molecule has 0 spiro atoms. The first-order valence-corrected chi connectivity index (χ1v) is 13.4. The Bertz CT molecular complexity index is 1570. The minimum atomic E-state index is -0.351. The standard InChI is InChI=1S/C28H23FN6OS2/c29-18-10-12-19(13-11-18)31-24(36)14-17-35-26(25(33-27(35)37)21-7-3-4-15-30-21)22-8-5-16-34(22)28-32-20-6-1-2-9-23(20)38-28/h1-13,15-16,25-26H,14,17H2,(H,31,36)(H,33,37). The molecule has 1 amide bonds. The SMILES string of the molecule is O=C(CCN1C(=S)NC(c2ccccn2)C1c1cccn1-c1nc2ccccc2s1)Nc1ccc(F)cc1. The maximum atomic E-state index is 13.2. The highest BCUT2D eigenvalue weighted by atomic mass is 32.1. The molecule has 2 atom stereocenters. The number of anilines is 1. The summed E-state index contributed by atoms with van der Waals surface area (Å²) in [4.78, 5) is 24.3. The zero-order chi connectivity index (χ0) is 26.1. The van der Waals surface area contributed by atoms with Gasteiger partial charge in [0.1, 0.15) is 5.82 Å². The van der Waals surface area contributed by atoms with E-state index in [0.717, 1.165) is 26.7 Å². The van der Waals surface area contributed by atoms with Crippen LogP contribution in [0, 0.1) is 5.82 Å². The van der Waals surface area contributed by atoms with Crippen LogP contribution in [-0.4, -0.2) is 37.0 Å². The third-order valence-electron chi connectivity index (χ3n) is 6.48. The Hall–Kier alpha value is -4.15. The monoisotopic (exact) mass is 542 g/mol. The number of aromatic nitrogens is 3. The number of thiazole rings is 1. The van der Waals surface area contributed by atoms with Gasteiger partial charge in [-0.25, -0.2) is 9.37 Å². The lowest BCUT2D eigenvalue weighted by Gasteiger charge is -2.28. The molecule has 0 radical (unpaired) electrons. The van der Waals surface area contributed by atoms with Gasteiger partial charge in [0, 0.05) is 31.0 Å². The number of hydrogen-bond acceptors (Lipinski definition) is 5. The highest BCUT2D eigenvalue weighted by molar-refractivity contribution is 7.80. The third-order valence-corrected chi connectivity index (χ3v) is 7.87. The van der Waals surface area contributed by atoms with Crippen LogP contribution in [0.3, 0.4) is 0 Å². The van der Waals surface area contributed by atoms with E-state index in [2.05, 4.69) is 32.3 Å². The van der Waals surface area contributed by atoms with Crippen molar-refractivity contribution in [1.29, 1.82) is 0 Å². The fourth-order valence-electron chi connectivity index (χ4n) is 4.72. The van der Waals surface area contributed by atoms with Crippen LogP contribution in [-0.2, 0) is 4.79 Å². The summed E-state index contributed by atoms with van der Waals surface area (Å²) in [5.41, 5.74) is 3.34. The van der Waals surface area contributed by atoms with Crippen LogP contribution >= 0.6 is 23.6 Å². The predicted molar refractivity (Wildman–Crippen MR) is 151 cm³/mol. The van der Waals surface area contributed by atoms with E-state index in [1.54, 1.807) is 29.7 Å². The molecule has 2 unspecified atom stereocenters. The molecule has 0 saturated carbocycles. The molecule has 1 aliphatic rings. The van der Waals surface area contributed by atoms with Gasteiger partial charge >= 0.3 is 0 Å².